The van der Waals surface area contributed by atoms with Crippen molar-refractivity contribution in [2.24, 2.45) is 0 Å². The summed E-state index contributed by atoms with van der Waals surface area (Å²) in [5, 5.41) is 3.09. The Labute approximate surface area is 241 Å². The number of halogens is 1. The minimum Gasteiger partial charge on any atom is -0.495 e. The monoisotopic (exact) mass is 581 g/mol. The third-order valence-electron chi connectivity index (χ3n) is 7.30. The second kappa shape index (κ2) is 13.6. The predicted octanol–water partition coefficient (Wildman–Crippen LogP) is 4.30. The van der Waals surface area contributed by atoms with Crippen LogP contribution in [0.5, 0.6) is 5.75 Å². The molecule has 8 nitrogen and oxygen atoms in total. The van der Waals surface area contributed by atoms with Crippen molar-refractivity contribution < 1.29 is 27.1 Å². The molecule has 3 aromatic rings. The Bertz CT molecular complexity index is 1440. The summed E-state index contributed by atoms with van der Waals surface area (Å²) in [5.74, 6) is -1.25. The van der Waals surface area contributed by atoms with E-state index in [0.717, 1.165) is 41.8 Å². The number of hydrogen-bond donors (Lipinski definition) is 1. The van der Waals surface area contributed by atoms with E-state index in [1.165, 1.54) is 18.1 Å². The molecule has 10 heteroatoms. The van der Waals surface area contributed by atoms with Crippen LogP contribution in [0.25, 0.3) is 0 Å². The first-order chi connectivity index (χ1) is 19.7. The average molecular weight is 582 g/mol. The van der Waals surface area contributed by atoms with Gasteiger partial charge in [-0.3, -0.25) is 13.9 Å². The summed E-state index contributed by atoms with van der Waals surface area (Å²) in [5.41, 5.74) is 1.22. The fourth-order valence-electron chi connectivity index (χ4n) is 5.16. The molecular weight excluding hydrogens is 545 g/mol. The molecule has 1 fully saturated rings. The van der Waals surface area contributed by atoms with Crippen molar-refractivity contribution in [2.45, 2.75) is 50.7 Å². The van der Waals surface area contributed by atoms with Gasteiger partial charge in [0.25, 0.3) is 0 Å². The smallest absolute Gasteiger partial charge is 0.244 e. The molecule has 2 amide bonds. The molecular formula is C31H36FN3O5S. The van der Waals surface area contributed by atoms with Crippen molar-refractivity contribution in [2.75, 3.05) is 24.2 Å². The molecule has 0 unspecified atom stereocenters. The minimum absolute atomic E-state index is 0.00714. The quantitative estimate of drug-likeness (QED) is 0.344. The standard InChI is InChI=1S/C31H36FN3O5S/c1-40-29-19-11-10-18-27(29)35(41(2,38)39)22-30(36)34(21-24-14-6-9-17-26(24)32)28(20-23-12-4-3-5-13-23)31(37)33-25-15-7-8-16-25/h3-6,9-14,17-19,25,28H,7-8,15-16,20-22H2,1-2H3,(H,33,37)/t28-/m1/s1. The van der Waals surface area contributed by atoms with Gasteiger partial charge in [-0.1, -0.05) is 73.5 Å². The van der Waals surface area contributed by atoms with Crippen LogP contribution in [-0.2, 0) is 32.6 Å². The summed E-state index contributed by atoms with van der Waals surface area (Å²) in [4.78, 5) is 29.3. The number of sulfonamides is 1. The number of ether oxygens (including phenoxy) is 1. The topological polar surface area (TPSA) is 96.0 Å². The van der Waals surface area contributed by atoms with Crippen LogP contribution in [0.3, 0.4) is 0 Å². The van der Waals surface area contributed by atoms with Crippen LogP contribution in [0.2, 0.25) is 0 Å². The lowest BCUT2D eigenvalue weighted by Crippen LogP contribution is -2.54. The third kappa shape index (κ3) is 7.85. The molecule has 0 aliphatic heterocycles. The predicted molar refractivity (Wildman–Crippen MR) is 156 cm³/mol. The first-order valence-electron chi connectivity index (χ1n) is 13.6. The largest absolute Gasteiger partial charge is 0.495 e. The van der Waals surface area contributed by atoms with E-state index in [1.54, 1.807) is 42.5 Å². The van der Waals surface area contributed by atoms with Gasteiger partial charge in [-0.05, 0) is 36.6 Å². The van der Waals surface area contributed by atoms with Crippen molar-refractivity contribution in [1.29, 1.82) is 0 Å². The van der Waals surface area contributed by atoms with E-state index in [2.05, 4.69) is 5.32 Å². The van der Waals surface area contributed by atoms with Crippen molar-refractivity contribution in [3.8, 4) is 5.75 Å². The minimum atomic E-state index is -3.95. The van der Waals surface area contributed by atoms with Gasteiger partial charge < -0.3 is 15.0 Å². The summed E-state index contributed by atoms with van der Waals surface area (Å²) in [6.07, 6.45) is 4.89. The number of amides is 2. The average Bonchev–Trinajstić information content (AvgIpc) is 3.47. The number of carbonyl (C=O) groups excluding carboxylic acids is 2. The molecule has 0 radical (unpaired) electrons. The van der Waals surface area contributed by atoms with Gasteiger partial charge in [-0.2, -0.15) is 0 Å². The molecule has 0 spiro atoms. The fraction of sp³-hybridized carbons (Fsp3) is 0.355. The third-order valence-corrected chi connectivity index (χ3v) is 8.43. The zero-order valence-corrected chi connectivity index (χ0v) is 24.1. The second-order valence-electron chi connectivity index (χ2n) is 10.3. The fourth-order valence-corrected chi connectivity index (χ4v) is 6.02. The lowest BCUT2D eigenvalue weighted by Gasteiger charge is -2.34. The first kappa shape index (κ1) is 30.0. The van der Waals surface area contributed by atoms with Gasteiger partial charge in [-0.25, -0.2) is 12.8 Å². The Hall–Kier alpha value is -3.92. The van der Waals surface area contributed by atoms with Crippen molar-refractivity contribution in [1.82, 2.24) is 10.2 Å². The van der Waals surface area contributed by atoms with E-state index in [0.29, 0.717) is 0 Å². The van der Waals surface area contributed by atoms with Crippen LogP contribution in [0.1, 0.15) is 36.8 Å². The molecule has 1 saturated carbocycles. The highest BCUT2D eigenvalue weighted by Crippen LogP contribution is 2.30. The van der Waals surface area contributed by atoms with Gasteiger partial charge in [-0.15, -0.1) is 0 Å². The summed E-state index contributed by atoms with van der Waals surface area (Å²) in [7, 11) is -2.54. The molecule has 1 aliphatic carbocycles. The van der Waals surface area contributed by atoms with E-state index in [1.807, 2.05) is 30.3 Å². The Balaban J connectivity index is 1.75. The van der Waals surface area contributed by atoms with E-state index >= 15 is 0 Å². The lowest BCUT2D eigenvalue weighted by molar-refractivity contribution is -0.140. The van der Waals surface area contributed by atoms with E-state index in [4.69, 9.17) is 4.74 Å². The zero-order chi connectivity index (χ0) is 29.4. The van der Waals surface area contributed by atoms with Crippen LogP contribution in [0.4, 0.5) is 10.1 Å². The molecule has 1 atom stereocenters. The number of para-hydroxylation sites is 2. The highest BCUT2D eigenvalue weighted by Gasteiger charge is 2.35. The van der Waals surface area contributed by atoms with Gasteiger partial charge in [0.2, 0.25) is 21.8 Å². The maximum absolute atomic E-state index is 14.9. The Kier molecular flexibility index (Phi) is 9.99. The number of carbonyl (C=O) groups is 2. The van der Waals surface area contributed by atoms with Crippen molar-refractivity contribution in [3.05, 3.63) is 95.8 Å². The summed E-state index contributed by atoms with van der Waals surface area (Å²) in [6.45, 7) is -0.819. The van der Waals surface area contributed by atoms with Crippen LogP contribution in [0, 0.1) is 5.82 Å². The van der Waals surface area contributed by atoms with E-state index < -0.39 is 34.3 Å². The van der Waals surface area contributed by atoms with Gasteiger partial charge >= 0.3 is 0 Å². The van der Waals surface area contributed by atoms with Gasteiger partial charge in [0, 0.05) is 24.6 Å². The summed E-state index contributed by atoms with van der Waals surface area (Å²) >= 11 is 0. The van der Waals surface area contributed by atoms with Crippen LogP contribution >= 0.6 is 0 Å². The number of benzene rings is 3. The van der Waals surface area contributed by atoms with Gasteiger partial charge in [0.15, 0.2) is 0 Å². The molecule has 0 aromatic heterocycles. The SMILES string of the molecule is COc1ccccc1N(CC(=O)N(Cc1ccccc1F)[C@H](Cc1ccccc1)C(=O)NC1CCCC1)S(C)(=O)=O. The molecule has 1 N–H and O–H groups in total. The van der Waals surface area contributed by atoms with Crippen LogP contribution < -0.4 is 14.4 Å². The van der Waals surface area contributed by atoms with Crippen molar-refractivity contribution >= 4 is 27.5 Å². The zero-order valence-electron chi connectivity index (χ0n) is 23.3. The summed E-state index contributed by atoms with van der Waals surface area (Å²) in [6, 6.07) is 20.8. The number of nitrogens with zero attached hydrogens (tertiary/aromatic N) is 2. The maximum atomic E-state index is 14.9. The molecule has 4 rings (SSSR count). The Morgan fingerprint density at radius 3 is 2.27 bits per heavy atom. The normalized spacial score (nSPS) is 14.3. The van der Waals surface area contributed by atoms with Gasteiger partial charge in [0.1, 0.15) is 24.2 Å². The molecule has 1 aliphatic rings. The molecule has 0 bridgehead atoms. The Morgan fingerprint density at radius 2 is 1.61 bits per heavy atom. The lowest BCUT2D eigenvalue weighted by atomic mass is 10.0. The van der Waals surface area contributed by atoms with E-state index in [-0.39, 0.29) is 41.9 Å². The van der Waals surface area contributed by atoms with E-state index in [9.17, 15) is 22.4 Å². The number of methoxy groups -OCH3 is 1. The first-order valence-corrected chi connectivity index (χ1v) is 15.5. The number of rotatable bonds is 12. The van der Waals surface area contributed by atoms with Crippen LogP contribution in [0.15, 0.2) is 78.9 Å². The van der Waals surface area contributed by atoms with Gasteiger partial charge in [0.05, 0.1) is 19.1 Å². The highest BCUT2D eigenvalue weighted by molar-refractivity contribution is 7.92. The maximum Gasteiger partial charge on any atom is 0.244 e. The molecule has 0 heterocycles. The van der Waals surface area contributed by atoms with Crippen LogP contribution in [-0.4, -0.2) is 57.1 Å². The Morgan fingerprint density at radius 1 is 0.976 bits per heavy atom. The highest BCUT2D eigenvalue weighted by atomic mass is 32.2. The number of anilines is 1. The molecule has 0 saturated heterocycles. The molecule has 41 heavy (non-hydrogen) atoms. The molecule has 218 valence electrons. The number of hydrogen-bond acceptors (Lipinski definition) is 5. The molecule has 3 aromatic carbocycles. The summed E-state index contributed by atoms with van der Waals surface area (Å²) < 4.78 is 47.1. The second-order valence-corrected chi connectivity index (χ2v) is 12.2. The number of nitrogens with one attached hydrogen (secondary N) is 1. The van der Waals surface area contributed by atoms with Crippen molar-refractivity contribution in [3.63, 3.8) is 0 Å².